The van der Waals surface area contributed by atoms with Crippen LogP contribution < -0.4 is 10.6 Å². The van der Waals surface area contributed by atoms with E-state index in [1.807, 2.05) is 0 Å². The molecule has 16 aromatic rings. The zero-order chi connectivity index (χ0) is 60.7. The first-order chi connectivity index (χ1) is 45.7. The molecule has 2 aliphatic rings. The predicted molar refractivity (Wildman–Crippen MR) is 387 cm³/mol. The summed E-state index contributed by atoms with van der Waals surface area (Å²) in [5, 5.41) is 17.8. The lowest BCUT2D eigenvalue weighted by Crippen LogP contribution is -2.35. The molecule has 0 atom stereocenters. The van der Waals surface area contributed by atoms with Crippen LogP contribution in [0.25, 0.3) is 98.7 Å². The Morgan fingerprint density at radius 3 is 0.793 bits per heavy atom. The first-order valence-corrected chi connectivity index (χ1v) is 32.0. The fraction of sp³-hybridized carbons (Fsp3) is 0.0222. The van der Waals surface area contributed by atoms with Crippen molar-refractivity contribution >= 4 is 65.8 Å². The van der Waals surface area contributed by atoms with Crippen molar-refractivity contribution in [3.63, 3.8) is 0 Å². The molecule has 16 aromatic carbocycles. The average Bonchev–Trinajstić information content (AvgIpc) is 0.754. The first-order valence-electron chi connectivity index (χ1n) is 32.0. The number of para-hydroxylation sites is 4. The third-order valence-corrected chi connectivity index (χ3v) is 20.0. The summed E-state index contributed by atoms with van der Waals surface area (Å²) in [7, 11) is 0. The highest BCUT2D eigenvalue weighted by Gasteiger charge is 2.46. The summed E-state index contributed by atoms with van der Waals surface area (Å²) >= 11 is 0. The summed E-state index contributed by atoms with van der Waals surface area (Å²) in [4.78, 5) is 0. The number of rotatable bonds is 9. The molecule has 0 radical (unpaired) electrons. The second-order valence-electron chi connectivity index (χ2n) is 24.6. The van der Waals surface area contributed by atoms with Gasteiger partial charge in [0.2, 0.25) is 0 Å². The average molecular weight is 1170 g/mol. The molecule has 0 saturated heterocycles. The maximum Gasteiger partial charge on any atom is 0.0742 e. The van der Waals surface area contributed by atoms with Gasteiger partial charge in [-0.25, -0.2) is 0 Å². The van der Waals surface area contributed by atoms with Crippen molar-refractivity contribution in [2.75, 3.05) is 10.6 Å². The number of hydrogen-bond acceptors (Lipinski definition) is 2. The van der Waals surface area contributed by atoms with Crippen LogP contribution in [0.3, 0.4) is 0 Å². The molecule has 2 nitrogen and oxygen atoms in total. The van der Waals surface area contributed by atoms with Crippen LogP contribution in [-0.4, -0.2) is 0 Å². The van der Waals surface area contributed by atoms with E-state index in [9.17, 15) is 0 Å². The highest BCUT2D eigenvalue weighted by molar-refractivity contribution is 6.28. The highest BCUT2D eigenvalue weighted by Crippen LogP contribution is 2.59. The smallest absolute Gasteiger partial charge is 0.0742 e. The Morgan fingerprint density at radius 1 is 0.185 bits per heavy atom. The van der Waals surface area contributed by atoms with Gasteiger partial charge in [-0.15, -0.1) is 0 Å². The van der Waals surface area contributed by atoms with E-state index in [4.69, 9.17) is 0 Å². The molecule has 2 heteroatoms. The molecule has 0 bridgehead atoms. The normalized spacial score (nSPS) is 13.3. The van der Waals surface area contributed by atoms with Crippen LogP contribution in [0.5, 0.6) is 0 Å². The van der Waals surface area contributed by atoms with Crippen LogP contribution in [0.2, 0.25) is 0 Å². The van der Waals surface area contributed by atoms with Crippen molar-refractivity contribution in [3.8, 4) is 55.6 Å². The van der Waals surface area contributed by atoms with Crippen LogP contribution in [0.1, 0.15) is 44.5 Å². The van der Waals surface area contributed by atoms with E-state index in [2.05, 4.69) is 362 Å². The third-order valence-electron chi connectivity index (χ3n) is 20.0. The van der Waals surface area contributed by atoms with Crippen molar-refractivity contribution in [3.05, 3.63) is 396 Å². The van der Waals surface area contributed by atoms with Crippen LogP contribution >= 0.6 is 0 Å². The molecule has 18 rings (SSSR count). The summed E-state index contributed by atoms with van der Waals surface area (Å²) in [6.07, 6.45) is 0. The van der Waals surface area contributed by atoms with Gasteiger partial charge in [0.1, 0.15) is 0 Å². The van der Waals surface area contributed by atoms with E-state index in [1.54, 1.807) is 0 Å². The summed E-state index contributed by atoms with van der Waals surface area (Å²) in [5.41, 5.74) is 24.5. The number of hydrogen-bond donors (Lipinski definition) is 2. The van der Waals surface area contributed by atoms with Crippen molar-refractivity contribution in [1.29, 1.82) is 0 Å². The van der Waals surface area contributed by atoms with Gasteiger partial charge < -0.3 is 10.6 Å². The SMILES string of the molecule is c1ccc(-c2cccc3c(-c4c5cccc(-c6cccc7c6Nc6ccccc6C7(c6ccccc6)c6ccccc6)c5cc5c(-c6cccc7c6Nc6ccccc6C7(c6ccccc6)c6ccccc6)cccc45)c4cccc(-c5ccccc5)c4cc23)cc1. The predicted octanol–water partition coefficient (Wildman–Crippen LogP) is 23.5. The van der Waals surface area contributed by atoms with Crippen LogP contribution in [0.15, 0.2) is 352 Å². The first kappa shape index (κ1) is 53.2. The minimum Gasteiger partial charge on any atom is -0.354 e. The van der Waals surface area contributed by atoms with Gasteiger partial charge in [-0.3, -0.25) is 0 Å². The molecule has 0 spiro atoms. The van der Waals surface area contributed by atoms with Crippen molar-refractivity contribution < 1.29 is 0 Å². The lowest BCUT2D eigenvalue weighted by atomic mass is 9.62. The quantitative estimate of drug-likeness (QED) is 0.141. The van der Waals surface area contributed by atoms with Crippen LogP contribution in [0.4, 0.5) is 22.7 Å². The monoisotopic (exact) mass is 1170 g/mol. The van der Waals surface area contributed by atoms with Crippen LogP contribution in [0, 0.1) is 0 Å². The van der Waals surface area contributed by atoms with Gasteiger partial charge in [0, 0.05) is 22.5 Å². The van der Waals surface area contributed by atoms with Gasteiger partial charge in [-0.05, 0) is 156 Å². The largest absolute Gasteiger partial charge is 0.354 e. The molecule has 0 unspecified atom stereocenters. The lowest BCUT2D eigenvalue weighted by Gasteiger charge is -2.43. The number of benzene rings is 16. The molecule has 92 heavy (non-hydrogen) atoms. The summed E-state index contributed by atoms with van der Waals surface area (Å²) in [6, 6.07) is 131. The molecule has 2 aliphatic heterocycles. The lowest BCUT2D eigenvalue weighted by molar-refractivity contribution is 0.741. The molecule has 0 fully saturated rings. The number of fused-ring (bicyclic) bond motifs is 8. The Labute approximate surface area is 536 Å². The Hall–Kier alpha value is -11.8. The Kier molecular flexibility index (Phi) is 12.4. The zero-order valence-electron chi connectivity index (χ0n) is 50.5. The maximum absolute atomic E-state index is 4.15. The molecular weight excluding hydrogens is 1110 g/mol. The van der Waals surface area contributed by atoms with E-state index in [0.29, 0.717) is 0 Å². The van der Waals surface area contributed by atoms with Gasteiger partial charge in [-0.2, -0.15) is 0 Å². The fourth-order valence-electron chi connectivity index (χ4n) is 16.3. The summed E-state index contributed by atoms with van der Waals surface area (Å²) < 4.78 is 0. The standard InChI is InChI=1S/C90H60N2/c1-7-29-59(30-8-1)65-41-23-45-69-75(65)57-76-66(60-31-9-2-10-32-60)42-24-46-70(76)85(69)86-71-47-25-43-67(73-49-27-53-81-87(73)91-83-55-21-19-51-79(83)89(81,61-33-11-3-12-34-61)62-35-13-4-14-36-62)77(71)58-78-68(44-26-48-72(78)86)74-50-28-54-82-88(74)92-84-56-22-20-52-80(84)90(82,63-37-15-5-16-38-63)64-39-17-6-18-40-64/h1-58,91-92H. The molecular formula is C90H60N2. The van der Waals surface area contributed by atoms with Gasteiger partial charge in [0.25, 0.3) is 0 Å². The van der Waals surface area contributed by atoms with E-state index in [1.165, 1.54) is 110 Å². The fourth-order valence-corrected chi connectivity index (χ4v) is 16.3. The summed E-state index contributed by atoms with van der Waals surface area (Å²) in [6.45, 7) is 0. The minimum absolute atomic E-state index is 0.646. The Bertz CT molecular complexity index is 5130. The second kappa shape index (κ2) is 21.4. The maximum atomic E-state index is 4.15. The van der Waals surface area contributed by atoms with Gasteiger partial charge >= 0.3 is 0 Å². The second-order valence-corrected chi connectivity index (χ2v) is 24.6. The van der Waals surface area contributed by atoms with Gasteiger partial charge in [-0.1, -0.05) is 328 Å². The van der Waals surface area contributed by atoms with E-state index in [-0.39, 0.29) is 0 Å². The molecule has 430 valence electrons. The van der Waals surface area contributed by atoms with Crippen molar-refractivity contribution in [2.24, 2.45) is 0 Å². The van der Waals surface area contributed by atoms with Crippen molar-refractivity contribution in [1.82, 2.24) is 0 Å². The van der Waals surface area contributed by atoms with Gasteiger partial charge in [0.05, 0.1) is 22.2 Å². The molecule has 0 saturated carbocycles. The van der Waals surface area contributed by atoms with Crippen LogP contribution in [-0.2, 0) is 10.8 Å². The minimum atomic E-state index is -0.646. The summed E-state index contributed by atoms with van der Waals surface area (Å²) in [5.74, 6) is 0. The molecule has 2 N–H and O–H groups in total. The van der Waals surface area contributed by atoms with E-state index >= 15 is 0 Å². The topological polar surface area (TPSA) is 24.1 Å². The van der Waals surface area contributed by atoms with Gasteiger partial charge in [0.15, 0.2) is 0 Å². The zero-order valence-corrected chi connectivity index (χ0v) is 50.5. The number of nitrogens with one attached hydrogen (secondary N) is 2. The van der Waals surface area contributed by atoms with Crippen molar-refractivity contribution in [2.45, 2.75) is 10.8 Å². The highest BCUT2D eigenvalue weighted by atomic mass is 14.9. The third kappa shape index (κ3) is 7.94. The Balaban J connectivity index is 0.992. The van der Waals surface area contributed by atoms with E-state index in [0.717, 1.165) is 55.8 Å². The molecule has 2 heterocycles. The Morgan fingerprint density at radius 2 is 0.446 bits per heavy atom. The van der Waals surface area contributed by atoms with E-state index < -0.39 is 10.8 Å². The molecule has 0 aliphatic carbocycles. The number of anilines is 4. The molecule has 0 aromatic heterocycles. The molecule has 0 amide bonds.